The molecule has 38 heavy (non-hydrogen) atoms. The van der Waals surface area contributed by atoms with Gasteiger partial charge in [0.1, 0.15) is 11.6 Å². The molecule has 9 heteroatoms. The molecule has 0 saturated heterocycles. The van der Waals surface area contributed by atoms with Gasteiger partial charge in [0.05, 0.1) is 5.39 Å². The van der Waals surface area contributed by atoms with Crippen LogP contribution in [0.2, 0.25) is 0 Å². The van der Waals surface area contributed by atoms with Crippen molar-refractivity contribution in [3.05, 3.63) is 100.0 Å². The number of likely N-dealkylation sites (N-methyl/N-ethyl adjacent to an activating group) is 1. The van der Waals surface area contributed by atoms with Gasteiger partial charge in [0.25, 0.3) is 5.56 Å². The Hall–Kier alpha value is -4.37. The summed E-state index contributed by atoms with van der Waals surface area (Å²) in [6, 6.07) is 14.6. The number of aromatic nitrogens is 5. The van der Waals surface area contributed by atoms with E-state index in [2.05, 4.69) is 44.3 Å². The fourth-order valence-corrected chi connectivity index (χ4v) is 5.94. The van der Waals surface area contributed by atoms with E-state index in [1.165, 1.54) is 52.6 Å². The maximum Gasteiger partial charge on any atom is 0.256 e. The van der Waals surface area contributed by atoms with Gasteiger partial charge < -0.3 is 10.2 Å². The Morgan fingerprint density at radius 2 is 1.87 bits per heavy atom. The minimum Gasteiger partial charge on any atom is -0.324 e. The van der Waals surface area contributed by atoms with Crippen molar-refractivity contribution in [2.45, 2.75) is 31.7 Å². The highest BCUT2D eigenvalue weighted by Gasteiger charge is 2.29. The first kappa shape index (κ1) is 22.8. The van der Waals surface area contributed by atoms with E-state index >= 15 is 0 Å². The molecule has 1 unspecified atom stereocenters. The summed E-state index contributed by atoms with van der Waals surface area (Å²) < 4.78 is 17.9. The van der Waals surface area contributed by atoms with Crippen LogP contribution in [0.25, 0.3) is 22.7 Å². The van der Waals surface area contributed by atoms with E-state index in [1.807, 2.05) is 0 Å². The van der Waals surface area contributed by atoms with Crippen LogP contribution in [0.4, 0.5) is 16.0 Å². The number of halogens is 1. The molecule has 8 nitrogen and oxygen atoms in total. The van der Waals surface area contributed by atoms with Crippen molar-refractivity contribution in [1.82, 2.24) is 29.0 Å². The van der Waals surface area contributed by atoms with Crippen molar-refractivity contribution in [1.29, 1.82) is 0 Å². The number of hydrogen-bond donors (Lipinski definition) is 1. The molecule has 7 rings (SSSR count). The van der Waals surface area contributed by atoms with Crippen LogP contribution in [-0.4, -0.2) is 42.6 Å². The quantitative estimate of drug-likeness (QED) is 0.379. The Morgan fingerprint density at radius 1 is 1.03 bits per heavy atom. The van der Waals surface area contributed by atoms with Crippen LogP contribution in [0.1, 0.15) is 35.4 Å². The molecule has 0 saturated carbocycles. The normalized spacial score (nSPS) is 16.9. The maximum absolute atomic E-state index is 14.9. The zero-order chi connectivity index (χ0) is 25.8. The third-order valence-electron chi connectivity index (χ3n) is 7.52. The van der Waals surface area contributed by atoms with Crippen LogP contribution in [0.3, 0.4) is 0 Å². The van der Waals surface area contributed by atoms with Gasteiger partial charge in [-0.1, -0.05) is 12.1 Å². The van der Waals surface area contributed by atoms with Gasteiger partial charge in [0.15, 0.2) is 11.5 Å². The molecule has 2 aliphatic rings. The Morgan fingerprint density at radius 3 is 2.74 bits per heavy atom. The molecule has 1 aliphatic heterocycles. The lowest BCUT2D eigenvalue weighted by molar-refractivity contribution is 0.266. The minimum absolute atomic E-state index is 0.198. The molecule has 0 spiro atoms. The summed E-state index contributed by atoms with van der Waals surface area (Å²) in [5, 5.41) is 3.66. The number of anilines is 2. The van der Waals surface area contributed by atoms with Crippen molar-refractivity contribution < 1.29 is 4.39 Å². The van der Waals surface area contributed by atoms with Crippen molar-refractivity contribution in [3.63, 3.8) is 0 Å². The largest absolute Gasteiger partial charge is 0.324 e. The van der Waals surface area contributed by atoms with Crippen LogP contribution in [0.5, 0.6) is 0 Å². The van der Waals surface area contributed by atoms with E-state index in [0.717, 1.165) is 25.2 Å². The highest BCUT2D eigenvalue weighted by atomic mass is 19.1. The van der Waals surface area contributed by atoms with Crippen LogP contribution >= 0.6 is 0 Å². The first-order chi connectivity index (χ1) is 18.5. The second kappa shape index (κ2) is 8.88. The molecule has 1 aliphatic carbocycles. The van der Waals surface area contributed by atoms with E-state index in [1.54, 1.807) is 41.1 Å². The Bertz CT molecular complexity index is 1760. The molecule has 4 aromatic heterocycles. The van der Waals surface area contributed by atoms with Gasteiger partial charge in [-0.15, -0.1) is 0 Å². The predicted octanol–water partition coefficient (Wildman–Crippen LogP) is 4.71. The average molecular weight is 508 g/mol. The lowest BCUT2D eigenvalue weighted by atomic mass is 9.77. The van der Waals surface area contributed by atoms with E-state index in [9.17, 15) is 9.18 Å². The van der Waals surface area contributed by atoms with E-state index in [0.29, 0.717) is 34.5 Å². The van der Waals surface area contributed by atoms with Crippen molar-refractivity contribution >= 4 is 22.7 Å². The SMILES string of the molecule is CN1Cc2cc(Nc3ncc4c(F)cn(-c5cccc(-n6ccccc6=O)n5)c4n3)cc3c2C(CCC3)C1. The maximum atomic E-state index is 14.9. The van der Waals surface area contributed by atoms with Gasteiger partial charge in [-0.3, -0.25) is 13.9 Å². The molecule has 1 N–H and O–H groups in total. The van der Waals surface area contributed by atoms with Crippen molar-refractivity contribution in [2.24, 2.45) is 0 Å². The fraction of sp³-hybridized carbons (Fsp3) is 0.241. The Kier molecular flexibility index (Phi) is 5.33. The number of nitrogens with zero attached hydrogens (tertiary/aromatic N) is 6. The molecule has 190 valence electrons. The molecule has 0 amide bonds. The molecule has 5 heterocycles. The van der Waals surface area contributed by atoms with Crippen LogP contribution in [0.15, 0.2) is 71.9 Å². The fourth-order valence-electron chi connectivity index (χ4n) is 5.94. The molecular weight excluding hydrogens is 481 g/mol. The molecule has 1 aromatic carbocycles. The molecule has 0 radical (unpaired) electrons. The number of nitrogens with one attached hydrogen (secondary N) is 1. The van der Waals surface area contributed by atoms with E-state index in [-0.39, 0.29) is 5.56 Å². The summed E-state index contributed by atoms with van der Waals surface area (Å²) in [5.74, 6) is 1.44. The van der Waals surface area contributed by atoms with Gasteiger partial charge in [0.2, 0.25) is 5.95 Å². The Balaban J connectivity index is 1.27. The zero-order valence-electron chi connectivity index (χ0n) is 20.9. The summed E-state index contributed by atoms with van der Waals surface area (Å²) in [6.45, 7) is 2.04. The first-order valence-corrected chi connectivity index (χ1v) is 12.8. The molecule has 1 atom stereocenters. The lowest BCUT2D eigenvalue weighted by Gasteiger charge is -2.37. The molecule has 0 bridgehead atoms. The van der Waals surface area contributed by atoms with Crippen LogP contribution in [-0.2, 0) is 13.0 Å². The summed E-state index contributed by atoms with van der Waals surface area (Å²) in [6.07, 6.45) is 8.02. The minimum atomic E-state index is -0.442. The number of pyridine rings is 2. The molecule has 0 fully saturated rings. The highest BCUT2D eigenvalue weighted by molar-refractivity contribution is 5.79. The summed E-state index contributed by atoms with van der Waals surface area (Å²) in [5.41, 5.74) is 5.42. The van der Waals surface area contributed by atoms with Gasteiger partial charge in [-0.05, 0) is 79.3 Å². The predicted molar refractivity (Wildman–Crippen MR) is 144 cm³/mol. The number of benzene rings is 1. The van der Waals surface area contributed by atoms with E-state index in [4.69, 9.17) is 0 Å². The van der Waals surface area contributed by atoms with Gasteiger partial charge in [-0.2, -0.15) is 4.98 Å². The third-order valence-corrected chi connectivity index (χ3v) is 7.52. The first-order valence-electron chi connectivity index (χ1n) is 12.8. The second-order valence-electron chi connectivity index (χ2n) is 10.2. The standard InChI is InChI=1S/C29H26FN7O/c1-35-15-19-7-4-6-18-12-21(13-20(16-35)27(18)19)32-29-31-14-22-23(30)17-37(28(22)34-29)25-9-5-8-24(33-25)36-11-3-2-10-26(36)38/h2-3,5,8-14,17,19H,4,6-7,15-16H2,1H3,(H,31,32,34). The summed E-state index contributed by atoms with van der Waals surface area (Å²) in [7, 11) is 2.17. The number of hydrogen-bond acceptors (Lipinski definition) is 6. The van der Waals surface area contributed by atoms with Crippen LogP contribution in [0, 0.1) is 5.82 Å². The molecule has 5 aromatic rings. The van der Waals surface area contributed by atoms with Gasteiger partial charge >= 0.3 is 0 Å². The number of rotatable bonds is 4. The average Bonchev–Trinajstić information content (AvgIpc) is 3.24. The number of fused-ring (bicyclic) bond motifs is 1. The van der Waals surface area contributed by atoms with E-state index < -0.39 is 5.82 Å². The summed E-state index contributed by atoms with van der Waals surface area (Å²) >= 11 is 0. The lowest BCUT2D eigenvalue weighted by Crippen LogP contribution is -2.33. The summed E-state index contributed by atoms with van der Waals surface area (Å²) in [4.78, 5) is 28.4. The highest BCUT2D eigenvalue weighted by Crippen LogP contribution is 2.40. The molecular formula is C29H26FN7O. The Labute approximate surface area is 218 Å². The van der Waals surface area contributed by atoms with Crippen LogP contribution < -0.4 is 10.9 Å². The second-order valence-corrected chi connectivity index (χ2v) is 10.2. The monoisotopic (exact) mass is 507 g/mol. The number of aryl methyl sites for hydroxylation is 1. The smallest absolute Gasteiger partial charge is 0.256 e. The van der Waals surface area contributed by atoms with Crippen molar-refractivity contribution in [3.8, 4) is 11.6 Å². The van der Waals surface area contributed by atoms with Gasteiger partial charge in [-0.25, -0.2) is 14.4 Å². The third kappa shape index (κ3) is 3.86. The van der Waals surface area contributed by atoms with Gasteiger partial charge in [0, 0.05) is 43.4 Å². The zero-order valence-corrected chi connectivity index (χ0v) is 20.9. The van der Waals surface area contributed by atoms with Crippen molar-refractivity contribution in [2.75, 3.05) is 18.9 Å². The topological polar surface area (TPSA) is 80.9 Å².